The summed E-state index contributed by atoms with van der Waals surface area (Å²) in [5.41, 5.74) is 0. The van der Waals surface area contributed by atoms with Gasteiger partial charge in [0.05, 0.1) is 3.57 Å². The Morgan fingerprint density at radius 3 is 1.67 bits per heavy atom. The lowest BCUT2D eigenvalue weighted by molar-refractivity contribution is 0.335. The van der Waals surface area contributed by atoms with Crippen LogP contribution < -0.4 is 0 Å². The zero-order valence-corrected chi connectivity index (χ0v) is 9.81. The Morgan fingerprint density at radius 2 is 1.27 bits per heavy atom. The molecule has 0 saturated heterocycles. The molecule has 0 amide bonds. The van der Waals surface area contributed by atoms with E-state index in [9.17, 15) is 8.42 Å². The highest BCUT2D eigenvalue weighted by Crippen LogP contribution is 2.49. The van der Waals surface area contributed by atoms with Gasteiger partial charge in [-0.15, -0.1) is 0 Å². The van der Waals surface area contributed by atoms with Crippen LogP contribution >= 0.6 is 22.6 Å². The quantitative estimate of drug-likeness (QED) is 0.214. The van der Waals surface area contributed by atoms with Crippen LogP contribution in [0.2, 0.25) is 0 Å². The Hall–Kier alpha value is -0.940. The number of halogens is 1. The maximum absolute atomic E-state index is 10.8. The van der Waals surface area contributed by atoms with E-state index in [-0.39, 0.29) is 0 Å². The van der Waals surface area contributed by atoms with Crippen LogP contribution in [-0.2, 0) is 10.1 Å². The van der Waals surface area contributed by atoms with Gasteiger partial charge in [0.25, 0.3) is 10.1 Å². The molecule has 84 valence electrons. The Labute approximate surface area is 97.5 Å². The van der Waals surface area contributed by atoms with Crippen LogP contribution in [0, 0.1) is 3.57 Å². The highest BCUT2D eigenvalue weighted by molar-refractivity contribution is 14.1. The minimum Gasteiger partial charge on any atom is -0.503 e. The largest absolute Gasteiger partial charge is 0.503 e. The number of phenols is 4. The lowest BCUT2D eigenvalue weighted by Gasteiger charge is -2.09. The second-order valence-corrected chi connectivity index (χ2v) is 4.95. The molecule has 1 aromatic rings. The lowest BCUT2D eigenvalue weighted by atomic mass is 10.2. The lowest BCUT2D eigenvalue weighted by Crippen LogP contribution is -2.02. The fourth-order valence-corrected chi connectivity index (χ4v) is 2.89. The molecular formula is C6H5IO7S. The van der Waals surface area contributed by atoms with Gasteiger partial charge >= 0.3 is 0 Å². The van der Waals surface area contributed by atoms with Gasteiger partial charge in [0, 0.05) is 0 Å². The van der Waals surface area contributed by atoms with Crippen LogP contribution in [0.5, 0.6) is 23.0 Å². The molecule has 0 aliphatic carbocycles. The summed E-state index contributed by atoms with van der Waals surface area (Å²) >= 11 is 1.28. The first-order chi connectivity index (χ1) is 6.68. The molecule has 0 aliphatic rings. The molecule has 0 saturated carbocycles. The average Bonchev–Trinajstić information content (AvgIpc) is 2.09. The van der Waals surface area contributed by atoms with Gasteiger partial charge in [-0.25, -0.2) is 0 Å². The summed E-state index contributed by atoms with van der Waals surface area (Å²) in [7, 11) is -4.81. The SMILES string of the molecule is O=S(=O)(O)c1c(O)c(O)c(O)c(O)c1I. The minimum absolute atomic E-state index is 0.497. The molecule has 0 fully saturated rings. The Bertz CT molecular complexity index is 492. The van der Waals surface area contributed by atoms with E-state index in [1.807, 2.05) is 0 Å². The van der Waals surface area contributed by atoms with Crippen molar-refractivity contribution in [2.24, 2.45) is 0 Å². The minimum atomic E-state index is -4.81. The Morgan fingerprint density at radius 1 is 0.867 bits per heavy atom. The zero-order valence-electron chi connectivity index (χ0n) is 6.84. The van der Waals surface area contributed by atoms with Gasteiger partial charge in [-0.3, -0.25) is 4.55 Å². The Kier molecular flexibility index (Phi) is 2.89. The van der Waals surface area contributed by atoms with Crippen molar-refractivity contribution in [1.29, 1.82) is 0 Å². The molecule has 0 spiro atoms. The first-order valence-corrected chi connectivity index (χ1v) is 5.82. The summed E-state index contributed by atoms with van der Waals surface area (Å²) in [5, 5.41) is 36.3. The first kappa shape index (κ1) is 12.1. The summed E-state index contributed by atoms with van der Waals surface area (Å²) in [6, 6.07) is 0. The summed E-state index contributed by atoms with van der Waals surface area (Å²) < 4.78 is 29.8. The van der Waals surface area contributed by atoms with Crippen LogP contribution in [0.15, 0.2) is 4.90 Å². The van der Waals surface area contributed by atoms with E-state index in [1.165, 1.54) is 22.6 Å². The second-order valence-electron chi connectivity index (χ2n) is 2.51. The predicted octanol–water partition coefficient (Wildman–Crippen LogP) is 0.360. The van der Waals surface area contributed by atoms with Gasteiger partial charge in [0.15, 0.2) is 16.4 Å². The zero-order chi connectivity index (χ0) is 12.0. The topological polar surface area (TPSA) is 135 Å². The van der Waals surface area contributed by atoms with E-state index in [0.717, 1.165) is 0 Å². The molecule has 1 aromatic carbocycles. The van der Waals surface area contributed by atoms with Crippen LogP contribution in [0.1, 0.15) is 0 Å². The van der Waals surface area contributed by atoms with Gasteiger partial charge in [-0.05, 0) is 22.6 Å². The fourth-order valence-electron chi connectivity index (χ4n) is 0.883. The van der Waals surface area contributed by atoms with Gasteiger partial charge in [-0.2, -0.15) is 8.42 Å². The molecular weight excluding hydrogens is 343 g/mol. The molecule has 5 N–H and O–H groups in total. The summed E-state index contributed by atoms with van der Waals surface area (Å²) in [6.07, 6.45) is 0. The van der Waals surface area contributed by atoms with Crippen molar-refractivity contribution in [2.45, 2.75) is 4.90 Å². The second kappa shape index (κ2) is 3.57. The average molecular weight is 348 g/mol. The number of aromatic hydroxyl groups is 4. The molecule has 0 atom stereocenters. The van der Waals surface area contributed by atoms with Crippen LogP contribution in [0.4, 0.5) is 0 Å². The molecule has 0 bridgehead atoms. The predicted molar refractivity (Wildman–Crippen MR) is 55.6 cm³/mol. The van der Waals surface area contributed by atoms with Crippen molar-refractivity contribution in [3.63, 3.8) is 0 Å². The summed E-state index contributed by atoms with van der Waals surface area (Å²) in [6.45, 7) is 0. The monoisotopic (exact) mass is 348 g/mol. The van der Waals surface area contributed by atoms with E-state index in [2.05, 4.69) is 0 Å². The number of hydrogen-bond donors (Lipinski definition) is 5. The molecule has 15 heavy (non-hydrogen) atoms. The third-order valence-electron chi connectivity index (χ3n) is 1.55. The van der Waals surface area contributed by atoms with Crippen LogP contribution in [0.3, 0.4) is 0 Å². The van der Waals surface area contributed by atoms with Crippen molar-refractivity contribution in [3.05, 3.63) is 3.57 Å². The number of benzene rings is 1. The van der Waals surface area contributed by atoms with Crippen molar-refractivity contribution in [2.75, 3.05) is 0 Å². The van der Waals surface area contributed by atoms with Gasteiger partial charge in [-0.1, -0.05) is 0 Å². The standard InChI is InChI=1S/C6H5IO7S/c7-1-2(8)3(9)4(10)5(11)6(1)15(12,13)14/h8-11H,(H,12,13,14). The highest BCUT2D eigenvalue weighted by Gasteiger charge is 2.29. The highest BCUT2D eigenvalue weighted by atomic mass is 127. The maximum atomic E-state index is 10.8. The summed E-state index contributed by atoms with van der Waals surface area (Å²) in [5.74, 6) is -4.46. The van der Waals surface area contributed by atoms with Crippen molar-refractivity contribution < 1.29 is 33.4 Å². The number of hydrogen-bond acceptors (Lipinski definition) is 6. The van der Waals surface area contributed by atoms with Crippen LogP contribution in [0.25, 0.3) is 0 Å². The Balaban J connectivity index is 3.84. The molecule has 0 unspecified atom stereocenters. The van der Waals surface area contributed by atoms with Gasteiger partial charge in [0.1, 0.15) is 0 Å². The smallest absolute Gasteiger partial charge is 0.299 e. The number of phenolic OH excluding ortho intramolecular Hbond substituents is 4. The summed E-state index contributed by atoms with van der Waals surface area (Å²) in [4.78, 5) is -1.06. The molecule has 0 aromatic heterocycles. The maximum Gasteiger partial charge on any atom is 0.299 e. The van der Waals surface area contributed by atoms with E-state index >= 15 is 0 Å². The molecule has 9 heteroatoms. The van der Waals surface area contributed by atoms with E-state index in [0.29, 0.717) is 0 Å². The third kappa shape index (κ3) is 1.89. The first-order valence-electron chi connectivity index (χ1n) is 3.30. The van der Waals surface area contributed by atoms with Crippen molar-refractivity contribution >= 4 is 32.7 Å². The molecule has 7 nitrogen and oxygen atoms in total. The molecule has 1 rings (SSSR count). The normalized spacial score (nSPS) is 11.6. The van der Waals surface area contributed by atoms with E-state index < -0.39 is 41.6 Å². The van der Waals surface area contributed by atoms with Crippen molar-refractivity contribution in [1.82, 2.24) is 0 Å². The van der Waals surface area contributed by atoms with Gasteiger partial charge in [0.2, 0.25) is 11.5 Å². The third-order valence-corrected chi connectivity index (χ3v) is 3.88. The van der Waals surface area contributed by atoms with E-state index in [4.69, 9.17) is 25.0 Å². The van der Waals surface area contributed by atoms with Crippen molar-refractivity contribution in [3.8, 4) is 23.0 Å². The molecule has 0 aliphatic heterocycles. The van der Waals surface area contributed by atoms with Crippen LogP contribution in [-0.4, -0.2) is 33.4 Å². The molecule has 0 heterocycles. The number of rotatable bonds is 1. The fraction of sp³-hybridized carbons (Fsp3) is 0. The van der Waals surface area contributed by atoms with E-state index in [1.54, 1.807) is 0 Å². The van der Waals surface area contributed by atoms with Gasteiger partial charge < -0.3 is 20.4 Å². The molecule has 0 radical (unpaired) electrons.